The van der Waals surface area contributed by atoms with Crippen LogP contribution in [0.25, 0.3) is 0 Å². The highest BCUT2D eigenvalue weighted by molar-refractivity contribution is 9.10. The van der Waals surface area contributed by atoms with Gasteiger partial charge >= 0.3 is 12.0 Å². The van der Waals surface area contributed by atoms with Gasteiger partial charge in [0.1, 0.15) is 12.4 Å². The van der Waals surface area contributed by atoms with Crippen LogP contribution in [-0.4, -0.2) is 35.1 Å². The van der Waals surface area contributed by atoms with Crippen molar-refractivity contribution in [2.45, 2.75) is 13.3 Å². The Balaban J connectivity index is 2.77. The number of halogens is 2. The van der Waals surface area contributed by atoms with Crippen LogP contribution in [0, 0.1) is 5.82 Å². The molecule has 0 radical (unpaired) electrons. The molecule has 2 amide bonds. The summed E-state index contributed by atoms with van der Waals surface area (Å²) in [6.07, 6.45) is 0.615. The van der Waals surface area contributed by atoms with E-state index in [0.717, 1.165) is 4.90 Å². The zero-order valence-corrected chi connectivity index (χ0v) is 11.9. The third-order valence-electron chi connectivity index (χ3n) is 2.28. The molecule has 2 N–H and O–H groups in total. The van der Waals surface area contributed by atoms with Crippen LogP contribution in [0.15, 0.2) is 22.7 Å². The molecule has 1 aromatic rings. The second-order valence-corrected chi connectivity index (χ2v) is 4.79. The van der Waals surface area contributed by atoms with Gasteiger partial charge in [0.15, 0.2) is 0 Å². The second-order valence-electron chi connectivity index (χ2n) is 3.87. The average Bonchev–Trinajstić information content (AvgIpc) is 2.31. The summed E-state index contributed by atoms with van der Waals surface area (Å²) in [4.78, 5) is 23.6. The Bertz CT molecular complexity index is 482. The highest BCUT2D eigenvalue weighted by Crippen LogP contribution is 2.19. The molecule has 0 atom stereocenters. The minimum atomic E-state index is -1.11. The molecule has 0 aromatic heterocycles. The molecule has 0 saturated heterocycles. The number of rotatable bonds is 5. The number of benzene rings is 1. The van der Waals surface area contributed by atoms with Crippen molar-refractivity contribution >= 4 is 33.6 Å². The van der Waals surface area contributed by atoms with Crippen LogP contribution in [0.3, 0.4) is 0 Å². The summed E-state index contributed by atoms with van der Waals surface area (Å²) in [6, 6.07) is 3.57. The van der Waals surface area contributed by atoms with Gasteiger partial charge in [-0.3, -0.25) is 4.79 Å². The first-order chi connectivity index (χ1) is 8.93. The molecule has 19 heavy (non-hydrogen) atoms. The summed E-state index contributed by atoms with van der Waals surface area (Å²) in [5, 5.41) is 11.1. The minimum Gasteiger partial charge on any atom is -0.480 e. The SMILES string of the molecule is CCCN(CC(=O)O)C(=O)Nc1ccc(Br)cc1F. The summed E-state index contributed by atoms with van der Waals surface area (Å²) in [6.45, 7) is 1.69. The number of carboxylic acid groups (broad SMARTS) is 1. The lowest BCUT2D eigenvalue weighted by atomic mass is 10.3. The molecule has 0 spiro atoms. The van der Waals surface area contributed by atoms with Crippen molar-refractivity contribution in [1.82, 2.24) is 4.90 Å². The molecule has 5 nitrogen and oxygen atoms in total. The van der Waals surface area contributed by atoms with Crippen molar-refractivity contribution in [2.75, 3.05) is 18.4 Å². The van der Waals surface area contributed by atoms with E-state index in [1.165, 1.54) is 12.1 Å². The summed E-state index contributed by atoms with van der Waals surface area (Å²) in [7, 11) is 0. The number of urea groups is 1. The van der Waals surface area contributed by atoms with E-state index >= 15 is 0 Å². The number of carbonyl (C=O) groups excluding carboxylic acids is 1. The molecule has 0 aliphatic heterocycles. The lowest BCUT2D eigenvalue weighted by Gasteiger charge is -2.20. The normalized spacial score (nSPS) is 10.1. The summed E-state index contributed by atoms with van der Waals surface area (Å²) >= 11 is 3.11. The van der Waals surface area contributed by atoms with Crippen LogP contribution in [0.4, 0.5) is 14.9 Å². The van der Waals surface area contributed by atoms with E-state index in [9.17, 15) is 14.0 Å². The number of anilines is 1. The second kappa shape index (κ2) is 7.08. The molecular weight excluding hydrogens is 319 g/mol. The standard InChI is InChI=1S/C12H14BrFN2O3/c1-2-5-16(7-11(17)18)12(19)15-10-4-3-8(13)6-9(10)14/h3-4,6H,2,5,7H2,1H3,(H,15,19)(H,17,18). The fraction of sp³-hybridized carbons (Fsp3) is 0.333. The lowest BCUT2D eigenvalue weighted by molar-refractivity contribution is -0.137. The maximum absolute atomic E-state index is 13.5. The Morgan fingerprint density at radius 2 is 2.16 bits per heavy atom. The van der Waals surface area contributed by atoms with Crippen LogP contribution in [-0.2, 0) is 4.79 Å². The molecule has 0 heterocycles. The van der Waals surface area contributed by atoms with E-state index in [2.05, 4.69) is 21.2 Å². The van der Waals surface area contributed by atoms with Gasteiger partial charge in [-0.05, 0) is 24.6 Å². The molecule has 7 heteroatoms. The largest absolute Gasteiger partial charge is 0.480 e. The van der Waals surface area contributed by atoms with Gasteiger partial charge in [-0.1, -0.05) is 22.9 Å². The van der Waals surface area contributed by atoms with Crippen molar-refractivity contribution < 1.29 is 19.1 Å². The Labute approximate surface area is 118 Å². The first kappa shape index (κ1) is 15.4. The lowest BCUT2D eigenvalue weighted by Crippen LogP contribution is -2.39. The van der Waals surface area contributed by atoms with E-state index in [1.54, 1.807) is 6.07 Å². The van der Waals surface area contributed by atoms with Gasteiger partial charge in [0.2, 0.25) is 0 Å². The molecule has 0 unspecified atom stereocenters. The number of nitrogens with zero attached hydrogens (tertiary/aromatic N) is 1. The Morgan fingerprint density at radius 1 is 1.47 bits per heavy atom. The molecule has 0 aliphatic carbocycles. The van der Waals surface area contributed by atoms with Crippen molar-refractivity contribution in [3.05, 3.63) is 28.5 Å². The molecule has 0 fully saturated rings. The molecule has 0 aliphatic rings. The van der Waals surface area contributed by atoms with Crippen LogP contribution in [0.1, 0.15) is 13.3 Å². The number of hydrogen-bond donors (Lipinski definition) is 2. The third-order valence-corrected chi connectivity index (χ3v) is 2.77. The van der Waals surface area contributed by atoms with E-state index in [-0.39, 0.29) is 12.2 Å². The molecule has 104 valence electrons. The van der Waals surface area contributed by atoms with Crippen LogP contribution in [0.5, 0.6) is 0 Å². The van der Waals surface area contributed by atoms with Crippen molar-refractivity contribution in [1.29, 1.82) is 0 Å². The number of amides is 2. The van der Waals surface area contributed by atoms with E-state index in [1.807, 2.05) is 6.92 Å². The summed E-state index contributed by atoms with van der Waals surface area (Å²) in [5.74, 6) is -1.70. The van der Waals surface area contributed by atoms with Gasteiger partial charge in [-0.2, -0.15) is 0 Å². The average molecular weight is 333 g/mol. The predicted octanol–water partition coefficient (Wildman–Crippen LogP) is 2.92. The van der Waals surface area contributed by atoms with E-state index < -0.39 is 24.4 Å². The Morgan fingerprint density at radius 3 is 2.68 bits per heavy atom. The number of nitrogens with one attached hydrogen (secondary N) is 1. The van der Waals surface area contributed by atoms with Crippen molar-refractivity contribution in [2.24, 2.45) is 0 Å². The highest BCUT2D eigenvalue weighted by Gasteiger charge is 2.17. The first-order valence-corrected chi connectivity index (χ1v) is 6.46. The van der Waals surface area contributed by atoms with Gasteiger partial charge in [-0.15, -0.1) is 0 Å². The van der Waals surface area contributed by atoms with Crippen molar-refractivity contribution in [3.63, 3.8) is 0 Å². The molecule has 1 aromatic carbocycles. The number of carboxylic acids is 1. The number of hydrogen-bond acceptors (Lipinski definition) is 2. The predicted molar refractivity (Wildman–Crippen MR) is 72.6 cm³/mol. The minimum absolute atomic E-state index is 0.0136. The zero-order valence-electron chi connectivity index (χ0n) is 10.3. The maximum Gasteiger partial charge on any atom is 0.323 e. The van der Waals surface area contributed by atoms with E-state index in [0.29, 0.717) is 10.9 Å². The summed E-state index contributed by atoms with van der Waals surface area (Å²) in [5.41, 5.74) is 0.0136. The molecular formula is C12H14BrFN2O3. The molecule has 0 saturated carbocycles. The van der Waals surface area contributed by atoms with Gasteiger partial charge in [0.25, 0.3) is 0 Å². The maximum atomic E-state index is 13.5. The monoisotopic (exact) mass is 332 g/mol. The van der Waals surface area contributed by atoms with Gasteiger partial charge in [-0.25, -0.2) is 9.18 Å². The fourth-order valence-electron chi connectivity index (χ4n) is 1.47. The van der Waals surface area contributed by atoms with Crippen LogP contribution in [0.2, 0.25) is 0 Å². The number of carbonyl (C=O) groups is 2. The molecule has 0 bridgehead atoms. The third kappa shape index (κ3) is 4.86. The quantitative estimate of drug-likeness (QED) is 0.870. The summed E-state index contributed by atoms with van der Waals surface area (Å²) < 4.78 is 14.1. The zero-order chi connectivity index (χ0) is 14.4. The van der Waals surface area contributed by atoms with Crippen LogP contribution < -0.4 is 5.32 Å². The fourth-order valence-corrected chi connectivity index (χ4v) is 1.80. The van der Waals surface area contributed by atoms with E-state index in [4.69, 9.17) is 5.11 Å². The molecule has 1 rings (SSSR count). The number of aliphatic carboxylic acids is 1. The highest BCUT2D eigenvalue weighted by atomic mass is 79.9. The van der Waals surface area contributed by atoms with Gasteiger partial charge in [0.05, 0.1) is 5.69 Å². The van der Waals surface area contributed by atoms with Crippen molar-refractivity contribution in [3.8, 4) is 0 Å². The Kier molecular flexibility index (Phi) is 5.75. The first-order valence-electron chi connectivity index (χ1n) is 5.66. The van der Waals surface area contributed by atoms with Gasteiger partial charge in [0, 0.05) is 11.0 Å². The van der Waals surface area contributed by atoms with Gasteiger partial charge < -0.3 is 15.3 Å². The Hall–Kier alpha value is -1.63. The topological polar surface area (TPSA) is 69.6 Å². The smallest absolute Gasteiger partial charge is 0.323 e. The van der Waals surface area contributed by atoms with Crippen LogP contribution >= 0.6 is 15.9 Å².